The molecule has 0 radical (unpaired) electrons. The number of piperazine rings is 1. The molecule has 1 N–H and O–H groups in total. The minimum absolute atomic E-state index is 0.0119. The van der Waals surface area contributed by atoms with Crippen LogP contribution < -0.4 is 10.2 Å². The number of nitrogens with zero attached hydrogens (tertiary/aromatic N) is 2. The van der Waals surface area contributed by atoms with Gasteiger partial charge in [-0.15, -0.1) is 0 Å². The molecule has 1 aromatic rings. The van der Waals surface area contributed by atoms with Gasteiger partial charge in [-0.05, 0) is 42.6 Å². The highest BCUT2D eigenvalue weighted by atomic mass is 16.1. The number of carbonyl (C=O) groups is 1. The van der Waals surface area contributed by atoms with Crippen molar-refractivity contribution in [3.8, 4) is 0 Å². The highest BCUT2D eigenvalue weighted by molar-refractivity contribution is 5.91. The summed E-state index contributed by atoms with van der Waals surface area (Å²) in [6.07, 6.45) is 0.535. The van der Waals surface area contributed by atoms with Crippen molar-refractivity contribution in [3.63, 3.8) is 0 Å². The molecular weight excluding hydrogens is 286 g/mol. The second-order valence-corrected chi connectivity index (χ2v) is 7.71. The Labute approximate surface area is 140 Å². The van der Waals surface area contributed by atoms with E-state index in [1.54, 1.807) is 0 Å². The Morgan fingerprint density at radius 2 is 1.83 bits per heavy atom. The molecule has 0 saturated carbocycles. The van der Waals surface area contributed by atoms with E-state index in [4.69, 9.17) is 0 Å². The smallest absolute Gasteiger partial charge is 0.224 e. The number of hydrogen-bond donors (Lipinski definition) is 1. The van der Waals surface area contributed by atoms with Crippen molar-refractivity contribution < 1.29 is 4.79 Å². The maximum absolute atomic E-state index is 12.1. The zero-order valence-corrected chi connectivity index (χ0v) is 15.3. The fourth-order valence-electron chi connectivity index (χ4n) is 3.08. The molecule has 0 spiro atoms. The molecule has 1 heterocycles. The molecule has 4 heteroatoms. The summed E-state index contributed by atoms with van der Waals surface area (Å²) in [7, 11) is 0. The molecule has 0 unspecified atom stereocenters. The van der Waals surface area contributed by atoms with Crippen LogP contribution in [0.15, 0.2) is 18.2 Å². The zero-order valence-electron chi connectivity index (χ0n) is 15.3. The lowest BCUT2D eigenvalue weighted by molar-refractivity contribution is -0.117. The van der Waals surface area contributed by atoms with Crippen molar-refractivity contribution in [2.24, 2.45) is 5.41 Å². The molecule has 1 aliphatic heterocycles. The Hall–Kier alpha value is -1.55. The molecule has 1 saturated heterocycles. The van der Waals surface area contributed by atoms with Gasteiger partial charge < -0.3 is 15.1 Å². The summed E-state index contributed by atoms with van der Waals surface area (Å²) < 4.78 is 0. The Balaban J connectivity index is 1.99. The summed E-state index contributed by atoms with van der Waals surface area (Å²) in [5, 5.41) is 3.02. The van der Waals surface area contributed by atoms with Gasteiger partial charge in [-0.1, -0.05) is 27.7 Å². The molecule has 128 valence electrons. The maximum Gasteiger partial charge on any atom is 0.224 e. The van der Waals surface area contributed by atoms with E-state index in [1.165, 1.54) is 11.3 Å². The van der Waals surface area contributed by atoms with Gasteiger partial charge in [0.1, 0.15) is 0 Å². The van der Waals surface area contributed by atoms with E-state index in [1.807, 2.05) is 6.07 Å². The number of nitrogens with one attached hydrogen (secondary N) is 1. The van der Waals surface area contributed by atoms with Crippen LogP contribution >= 0.6 is 0 Å². The first-order valence-electron chi connectivity index (χ1n) is 8.66. The predicted octanol–water partition coefficient (Wildman–Crippen LogP) is 3.51. The largest absolute Gasteiger partial charge is 0.369 e. The number of carbonyl (C=O) groups excluding carboxylic acids is 1. The zero-order chi connectivity index (χ0) is 17.0. The summed E-state index contributed by atoms with van der Waals surface area (Å²) in [5.74, 6) is 0.0845. The summed E-state index contributed by atoms with van der Waals surface area (Å²) in [6, 6.07) is 6.25. The quantitative estimate of drug-likeness (QED) is 0.923. The molecule has 1 amide bonds. The van der Waals surface area contributed by atoms with Gasteiger partial charge in [0.25, 0.3) is 0 Å². The number of benzene rings is 1. The third-order valence-electron chi connectivity index (χ3n) is 4.33. The second kappa shape index (κ2) is 7.35. The summed E-state index contributed by atoms with van der Waals surface area (Å²) in [5.41, 5.74) is 3.42. The van der Waals surface area contributed by atoms with E-state index in [2.05, 4.69) is 61.9 Å². The summed E-state index contributed by atoms with van der Waals surface area (Å²) >= 11 is 0. The normalized spacial score (nSPS) is 16.5. The van der Waals surface area contributed by atoms with Crippen molar-refractivity contribution in [1.29, 1.82) is 0 Å². The van der Waals surface area contributed by atoms with Gasteiger partial charge in [0.15, 0.2) is 0 Å². The van der Waals surface area contributed by atoms with Crippen molar-refractivity contribution >= 4 is 17.3 Å². The number of aryl methyl sites for hydroxylation is 1. The van der Waals surface area contributed by atoms with Crippen LogP contribution in [0.3, 0.4) is 0 Å². The molecule has 0 atom stereocenters. The van der Waals surface area contributed by atoms with E-state index in [0.717, 1.165) is 38.4 Å². The molecule has 0 bridgehead atoms. The summed E-state index contributed by atoms with van der Waals surface area (Å²) in [6.45, 7) is 16.1. The van der Waals surface area contributed by atoms with Crippen LogP contribution in [-0.2, 0) is 4.79 Å². The van der Waals surface area contributed by atoms with Gasteiger partial charge in [0.05, 0.1) is 0 Å². The lowest BCUT2D eigenvalue weighted by atomic mass is 9.92. The lowest BCUT2D eigenvalue weighted by Gasteiger charge is -2.36. The minimum Gasteiger partial charge on any atom is -0.369 e. The van der Waals surface area contributed by atoms with Crippen LogP contribution in [0.5, 0.6) is 0 Å². The number of amides is 1. The van der Waals surface area contributed by atoms with Gasteiger partial charge in [0, 0.05) is 44.0 Å². The van der Waals surface area contributed by atoms with Crippen LogP contribution in [0, 0.1) is 12.3 Å². The molecule has 4 nitrogen and oxygen atoms in total. The Morgan fingerprint density at radius 1 is 1.17 bits per heavy atom. The van der Waals surface area contributed by atoms with Crippen molar-refractivity contribution in [2.75, 3.05) is 42.9 Å². The third kappa shape index (κ3) is 5.24. The predicted molar refractivity (Wildman–Crippen MR) is 98.2 cm³/mol. The molecule has 1 fully saturated rings. The molecule has 1 aromatic carbocycles. The topological polar surface area (TPSA) is 35.6 Å². The molecule has 0 aliphatic carbocycles. The molecule has 23 heavy (non-hydrogen) atoms. The van der Waals surface area contributed by atoms with Crippen molar-refractivity contribution in [1.82, 2.24) is 4.90 Å². The highest BCUT2D eigenvalue weighted by Crippen LogP contribution is 2.26. The monoisotopic (exact) mass is 317 g/mol. The average molecular weight is 317 g/mol. The van der Waals surface area contributed by atoms with E-state index in [0.29, 0.717) is 6.42 Å². The van der Waals surface area contributed by atoms with E-state index in [-0.39, 0.29) is 11.3 Å². The van der Waals surface area contributed by atoms with Crippen molar-refractivity contribution in [3.05, 3.63) is 23.8 Å². The lowest BCUT2D eigenvalue weighted by Crippen LogP contribution is -2.46. The molecular formula is C19H31N3O. The van der Waals surface area contributed by atoms with E-state index < -0.39 is 0 Å². The first kappa shape index (κ1) is 17.8. The van der Waals surface area contributed by atoms with Gasteiger partial charge in [-0.2, -0.15) is 0 Å². The van der Waals surface area contributed by atoms with Crippen LogP contribution in [0.1, 0.15) is 39.7 Å². The van der Waals surface area contributed by atoms with Crippen LogP contribution in [-0.4, -0.2) is 43.5 Å². The highest BCUT2D eigenvalue weighted by Gasteiger charge is 2.18. The van der Waals surface area contributed by atoms with Crippen LogP contribution in [0.25, 0.3) is 0 Å². The van der Waals surface area contributed by atoms with Crippen LogP contribution in [0.2, 0.25) is 0 Å². The molecule has 1 aliphatic rings. The van der Waals surface area contributed by atoms with E-state index >= 15 is 0 Å². The second-order valence-electron chi connectivity index (χ2n) is 7.71. The summed E-state index contributed by atoms with van der Waals surface area (Å²) in [4.78, 5) is 17.0. The maximum atomic E-state index is 12.1. The fourth-order valence-corrected chi connectivity index (χ4v) is 3.08. The molecule has 0 aromatic heterocycles. The fraction of sp³-hybridized carbons (Fsp3) is 0.632. The van der Waals surface area contributed by atoms with Gasteiger partial charge in [-0.25, -0.2) is 0 Å². The van der Waals surface area contributed by atoms with E-state index in [9.17, 15) is 4.79 Å². The first-order chi connectivity index (χ1) is 10.8. The number of rotatable bonds is 4. The van der Waals surface area contributed by atoms with Gasteiger partial charge in [-0.3, -0.25) is 4.79 Å². The average Bonchev–Trinajstić information content (AvgIpc) is 2.45. The SMILES string of the molecule is CCN1CCN(c2ccc(NC(=O)CC(C)(C)C)cc2C)CC1. The number of hydrogen-bond acceptors (Lipinski definition) is 3. The molecule has 2 rings (SSSR count). The number of likely N-dealkylation sites (N-methyl/N-ethyl adjacent to an activating group) is 1. The number of anilines is 2. The Morgan fingerprint density at radius 3 is 2.35 bits per heavy atom. The third-order valence-corrected chi connectivity index (χ3v) is 4.33. The van der Waals surface area contributed by atoms with Crippen molar-refractivity contribution in [2.45, 2.75) is 41.0 Å². The minimum atomic E-state index is 0.0119. The van der Waals surface area contributed by atoms with Gasteiger partial charge >= 0.3 is 0 Å². The van der Waals surface area contributed by atoms with Gasteiger partial charge in [0.2, 0.25) is 5.91 Å². The Bertz CT molecular complexity index is 540. The first-order valence-corrected chi connectivity index (χ1v) is 8.66. The Kier molecular flexibility index (Phi) is 5.69. The standard InChI is InChI=1S/C19H31N3O/c1-6-21-9-11-22(12-10-21)17-8-7-16(13-15(17)2)20-18(23)14-19(3,4)5/h7-8,13H,6,9-12,14H2,1-5H3,(H,20,23). The van der Waals surface area contributed by atoms with Crippen LogP contribution in [0.4, 0.5) is 11.4 Å².